The number of ether oxygens (including phenoxy) is 2. The summed E-state index contributed by atoms with van der Waals surface area (Å²) in [5.74, 6) is 0. The highest BCUT2D eigenvalue weighted by molar-refractivity contribution is 5.26. The molecule has 1 heterocycles. The molecule has 0 bridgehead atoms. The molecule has 0 N–H and O–H groups in total. The second-order valence-corrected chi connectivity index (χ2v) is 5.75. The molecule has 0 aliphatic carbocycles. The van der Waals surface area contributed by atoms with Crippen LogP contribution in [0.5, 0.6) is 0 Å². The Labute approximate surface area is 104 Å². The van der Waals surface area contributed by atoms with Crippen molar-refractivity contribution < 1.29 is 9.47 Å². The van der Waals surface area contributed by atoms with Crippen LogP contribution in [0.4, 0.5) is 0 Å². The Morgan fingerprint density at radius 3 is 2.47 bits per heavy atom. The number of hydrogen-bond acceptors (Lipinski definition) is 2. The summed E-state index contributed by atoms with van der Waals surface area (Å²) in [7, 11) is 0. The molecule has 0 amide bonds. The maximum Gasteiger partial charge on any atom is 0.162 e. The van der Waals surface area contributed by atoms with Crippen LogP contribution >= 0.6 is 0 Å². The van der Waals surface area contributed by atoms with E-state index in [4.69, 9.17) is 9.47 Å². The first-order chi connectivity index (χ1) is 8.07. The Bertz CT molecular complexity index is 365. The minimum atomic E-state index is -0.117. The summed E-state index contributed by atoms with van der Waals surface area (Å²) in [6.07, 6.45) is 2.03. The van der Waals surface area contributed by atoms with E-state index in [1.54, 1.807) is 0 Å². The van der Waals surface area contributed by atoms with E-state index < -0.39 is 0 Å². The Hall–Kier alpha value is -0.860. The fourth-order valence-electron chi connectivity index (χ4n) is 2.11. The van der Waals surface area contributed by atoms with Crippen LogP contribution in [0, 0.1) is 5.41 Å². The van der Waals surface area contributed by atoms with Crippen LogP contribution in [-0.4, -0.2) is 12.9 Å². The van der Waals surface area contributed by atoms with E-state index in [1.807, 2.05) is 0 Å². The minimum absolute atomic E-state index is 0.0271. The fraction of sp³-hybridized carbons (Fsp3) is 0.600. The Morgan fingerprint density at radius 2 is 1.76 bits per heavy atom. The van der Waals surface area contributed by atoms with Gasteiger partial charge in [0.05, 0.1) is 13.2 Å². The molecule has 1 aromatic carbocycles. The standard InChI is InChI=1S/C15H22O2/c1-15(2,3)14-16-10-6-9-12-7-4-5-8-13(12)11-17-14/h4-5,7-8,14H,6,9-11H2,1-3H3. The summed E-state index contributed by atoms with van der Waals surface area (Å²) in [6, 6.07) is 8.52. The number of hydrogen-bond donors (Lipinski definition) is 0. The van der Waals surface area contributed by atoms with Crippen LogP contribution in [0.1, 0.15) is 38.3 Å². The van der Waals surface area contributed by atoms with Crippen LogP contribution in [0.3, 0.4) is 0 Å². The van der Waals surface area contributed by atoms with Crippen molar-refractivity contribution in [3.05, 3.63) is 35.4 Å². The van der Waals surface area contributed by atoms with Gasteiger partial charge in [0.1, 0.15) is 0 Å². The molecule has 0 radical (unpaired) electrons. The van der Waals surface area contributed by atoms with Crippen LogP contribution in [0.2, 0.25) is 0 Å². The summed E-state index contributed by atoms with van der Waals surface area (Å²) in [4.78, 5) is 0. The Balaban J connectivity index is 2.14. The van der Waals surface area contributed by atoms with E-state index in [2.05, 4.69) is 45.0 Å². The maximum atomic E-state index is 5.93. The predicted octanol–water partition coefficient (Wildman–Crippen LogP) is 3.54. The summed E-state index contributed by atoms with van der Waals surface area (Å²) in [5.41, 5.74) is 2.72. The van der Waals surface area contributed by atoms with Crippen LogP contribution < -0.4 is 0 Å². The molecule has 0 fully saturated rings. The molecule has 2 heteroatoms. The van der Waals surface area contributed by atoms with Gasteiger partial charge in [-0.1, -0.05) is 45.0 Å². The molecule has 0 aromatic heterocycles. The van der Waals surface area contributed by atoms with Gasteiger partial charge in [-0.05, 0) is 24.0 Å². The van der Waals surface area contributed by atoms with Crippen molar-refractivity contribution in [3.8, 4) is 0 Å². The molecule has 1 aliphatic heterocycles. The summed E-state index contributed by atoms with van der Waals surface area (Å²) < 4.78 is 11.8. The number of fused-ring (bicyclic) bond motifs is 1. The van der Waals surface area contributed by atoms with Gasteiger partial charge in [0.15, 0.2) is 6.29 Å². The second-order valence-electron chi connectivity index (χ2n) is 5.75. The molecule has 17 heavy (non-hydrogen) atoms. The summed E-state index contributed by atoms with van der Waals surface area (Å²) in [6.45, 7) is 7.89. The highest BCUT2D eigenvalue weighted by Crippen LogP contribution is 2.26. The molecule has 94 valence electrons. The normalized spacial score (nSPS) is 22.2. The van der Waals surface area contributed by atoms with E-state index >= 15 is 0 Å². The van der Waals surface area contributed by atoms with Gasteiger partial charge in [-0.3, -0.25) is 0 Å². The van der Waals surface area contributed by atoms with Crippen molar-refractivity contribution in [1.82, 2.24) is 0 Å². The highest BCUT2D eigenvalue weighted by atomic mass is 16.7. The topological polar surface area (TPSA) is 18.5 Å². The largest absolute Gasteiger partial charge is 0.352 e. The van der Waals surface area contributed by atoms with Crippen LogP contribution in [-0.2, 0) is 22.5 Å². The average Bonchev–Trinajstić information content (AvgIpc) is 2.37. The highest BCUT2D eigenvalue weighted by Gasteiger charge is 2.27. The minimum Gasteiger partial charge on any atom is -0.352 e. The SMILES string of the molecule is CC(C)(C)C1OCCCc2ccccc2CO1. The molecule has 0 spiro atoms. The van der Waals surface area contributed by atoms with E-state index in [9.17, 15) is 0 Å². The first kappa shape index (κ1) is 12.6. The third-order valence-electron chi connectivity index (χ3n) is 3.08. The van der Waals surface area contributed by atoms with Gasteiger partial charge in [-0.25, -0.2) is 0 Å². The summed E-state index contributed by atoms with van der Waals surface area (Å²) >= 11 is 0. The maximum absolute atomic E-state index is 5.93. The lowest BCUT2D eigenvalue weighted by atomic mass is 9.96. The Kier molecular flexibility index (Phi) is 3.85. The van der Waals surface area contributed by atoms with Crippen LogP contribution in [0.25, 0.3) is 0 Å². The molecule has 0 saturated heterocycles. The molecule has 2 rings (SSSR count). The van der Waals surface area contributed by atoms with Gasteiger partial charge in [-0.15, -0.1) is 0 Å². The van der Waals surface area contributed by atoms with E-state index in [1.165, 1.54) is 11.1 Å². The molecule has 1 aromatic rings. The zero-order valence-corrected chi connectivity index (χ0v) is 11.0. The lowest BCUT2D eigenvalue weighted by Crippen LogP contribution is -2.32. The monoisotopic (exact) mass is 234 g/mol. The molecule has 2 nitrogen and oxygen atoms in total. The van der Waals surface area contributed by atoms with Crippen LogP contribution in [0.15, 0.2) is 24.3 Å². The number of rotatable bonds is 0. The molecule has 1 aliphatic rings. The number of aryl methyl sites for hydroxylation is 1. The third-order valence-corrected chi connectivity index (χ3v) is 3.08. The van der Waals surface area contributed by atoms with E-state index in [-0.39, 0.29) is 11.7 Å². The number of benzene rings is 1. The summed E-state index contributed by atoms with van der Waals surface area (Å²) in [5, 5.41) is 0. The van der Waals surface area contributed by atoms with Crippen molar-refractivity contribution in [2.24, 2.45) is 5.41 Å². The van der Waals surface area contributed by atoms with Crippen molar-refractivity contribution in [1.29, 1.82) is 0 Å². The zero-order chi connectivity index (χ0) is 12.3. The van der Waals surface area contributed by atoms with Gasteiger partial charge >= 0.3 is 0 Å². The van der Waals surface area contributed by atoms with E-state index in [0.717, 1.165) is 19.4 Å². The van der Waals surface area contributed by atoms with Gasteiger partial charge in [-0.2, -0.15) is 0 Å². The van der Waals surface area contributed by atoms with Gasteiger partial charge < -0.3 is 9.47 Å². The fourth-order valence-corrected chi connectivity index (χ4v) is 2.11. The smallest absolute Gasteiger partial charge is 0.162 e. The van der Waals surface area contributed by atoms with Gasteiger partial charge in [0.2, 0.25) is 0 Å². The Morgan fingerprint density at radius 1 is 1.06 bits per heavy atom. The third kappa shape index (κ3) is 3.30. The first-order valence-corrected chi connectivity index (χ1v) is 6.37. The molecule has 1 atom stereocenters. The quantitative estimate of drug-likeness (QED) is 0.683. The lowest BCUT2D eigenvalue weighted by Gasteiger charge is -2.30. The van der Waals surface area contributed by atoms with E-state index in [0.29, 0.717) is 6.61 Å². The molecule has 0 saturated carbocycles. The van der Waals surface area contributed by atoms with Crippen molar-refractivity contribution in [3.63, 3.8) is 0 Å². The van der Waals surface area contributed by atoms with Crippen molar-refractivity contribution in [2.45, 2.75) is 46.5 Å². The second kappa shape index (κ2) is 5.19. The molecular formula is C15H22O2. The zero-order valence-electron chi connectivity index (χ0n) is 11.0. The first-order valence-electron chi connectivity index (χ1n) is 6.37. The predicted molar refractivity (Wildman–Crippen MR) is 68.7 cm³/mol. The average molecular weight is 234 g/mol. The molecular weight excluding hydrogens is 212 g/mol. The lowest BCUT2D eigenvalue weighted by molar-refractivity contribution is -0.199. The van der Waals surface area contributed by atoms with Crippen molar-refractivity contribution in [2.75, 3.05) is 6.61 Å². The van der Waals surface area contributed by atoms with Crippen molar-refractivity contribution >= 4 is 0 Å². The molecule has 1 unspecified atom stereocenters. The van der Waals surface area contributed by atoms with Gasteiger partial charge in [0.25, 0.3) is 0 Å². The van der Waals surface area contributed by atoms with Gasteiger partial charge in [0, 0.05) is 5.41 Å².